The minimum absolute atomic E-state index is 0.178. The summed E-state index contributed by atoms with van der Waals surface area (Å²) in [5.41, 5.74) is -1.73. The summed E-state index contributed by atoms with van der Waals surface area (Å²) in [7, 11) is -2.96. The van der Waals surface area contributed by atoms with Gasteiger partial charge in [-0.2, -0.15) is 74.6 Å². The number of alkyl halides is 17. The van der Waals surface area contributed by atoms with Gasteiger partial charge in [-0.15, -0.1) is 0 Å². The van der Waals surface area contributed by atoms with Crippen LogP contribution in [0.1, 0.15) is 12.5 Å². The molecular formula is C21H19F17N5O5P. The van der Waals surface area contributed by atoms with Gasteiger partial charge in [-0.05, 0) is 6.42 Å². The monoisotopic (exact) mass is 775 g/mol. The van der Waals surface area contributed by atoms with Gasteiger partial charge in [0.1, 0.15) is 12.4 Å². The number of nitrogens with zero attached hydrogens (tertiary/aromatic N) is 4. The van der Waals surface area contributed by atoms with Crippen LogP contribution in [0.15, 0.2) is 12.7 Å². The third-order valence-electron chi connectivity index (χ3n) is 6.83. The summed E-state index contributed by atoms with van der Waals surface area (Å²) >= 11 is 0. The Labute approximate surface area is 260 Å². The lowest BCUT2D eigenvalue weighted by atomic mass is 9.90. The predicted molar refractivity (Wildman–Crippen MR) is 126 cm³/mol. The smallest absolute Gasteiger partial charge is 0.382 e. The van der Waals surface area contributed by atoms with Crippen molar-refractivity contribution in [3.8, 4) is 0 Å². The van der Waals surface area contributed by atoms with E-state index in [0.29, 0.717) is 6.33 Å². The van der Waals surface area contributed by atoms with Gasteiger partial charge in [0.05, 0.1) is 31.7 Å². The van der Waals surface area contributed by atoms with E-state index in [1.54, 1.807) is 0 Å². The third kappa shape index (κ3) is 6.59. The fraction of sp³-hybridized carbons (Fsp3) is 0.762. The fourth-order valence-corrected chi connectivity index (χ4v) is 5.03. The molecule has 4 atom stereocenters. The molecular weight excluding hydrogens is 756 g/mol. The highest BCUT2D eigenvalue weighted by Crippen LogP contribution is 2.64. The van der Waals surface area contributed by atoms with Crippen molar-refractivity contribution >= 4 is 24.6 Å². The quantitative estimate of drug-likeness (QED) is 0.136. The minimum Gasteiger partial charge on any atom is -0.382 e. The maximum absolute atomic E-state index is 14.6. The van der Waals surface area contributed by atoms with Crippen LogP contribution in [0.4, 0.5) is 80.5 Å². The van der Waals surface area contributed by atoms with Gasteiger partial charge >= 0.3 is 55.4 Å². The summed E-state index contributed by atoms with van der Waals surface area (Å²) in [5.74, 6) is -52.7. The molecule has 10 nitrogen and oxygen atoms in total. The Balaban J connectivity index is 2.00. The van der Waals surface area contributed by atoms with Crippen LogP contribution in [-0.4, -0.2) is 111 Å². The Morgan fingerprint density at radius 1 is 0.857 bits per heavy atom. The number of anilines is 1. The summed E-state index contributed by atoms with van der Waals surface area (Å²) in [4.78, 5) is 19.7. The standard InChI is InChI=1S/C21H19F17N5O5P/c1-46-5-10-9(48-49(2,44)45)3-8(4-47-10)43-7-41-11-12(39-6-40-13(11)43)42-21(37,38)19(32,33)17(28,29)15(24,25)14(22,23)16(26,27)18(30,31)20(34,35)36/h6-10H,3-5H2,1-2H3,(H,44,45)(H,39,40,42). The zero-order valence-electron chi connectivity index (χ0n) is 23.7. The number of nitrogens with one attached hydrogen (secondary N) is 1. The second-order valence-electron chi connectivity index (χ2n) is 10.4. The number of aromatic nitrogens is 4. The SMILES string of the molecule is COCC1OCC(n2cnc3c(NC(F)(F)C(F)(F)C(F)(F)C(F)(F)C(F)(F)C(F)(F)C(F)(F)C(F)(F)F)ncnc32)CC1OP(C)(=O)O. The summed E-state index contributed by atoms with van der Waals surface area (Å²) in [6, 6.07) is -8.03. The van der Waals surface area contributed by atoms with E-state index in [2.05, 4.69) is 15.0 Å². The summed E-state index contributed by atoms with van der Waals surface area (Å²) < 4.78 is 260. The number of methoxy groups -OCH3 is 1. The largest absolute Gasteiger partial charge is 0.460 e. The van der Waals surface area contributed by atoms with Crippen molar-refractivity contribution in [2.24, 2.45) is 0 Å². The minimum atomic E-state index is -8.77. The van der Waals surface area contributed by atoms with Gasteiger partial charge in [-0.25, -0.2) is 15.0 Å². The van der Waals surface area contributed by atoms with Crippen molar-refractivity contribution in [2.45, 2.75) is 72.4 Å². The molecule has 3 heterocycles. The van der Waals surface area contributed by atoms with Crippen LogP contribution < -0.4 is 5.32 Å². The molecule has 282 valence electrons. The van der Waals surface area contributed by atoms with E-state index in [4.69, 9.17) is 14.0 Å². The van der Waals surface area contributed by atoms with Gasteiger partial charge < -0.3 is 28.8 Å². The first-order valence-electron chi connectivity index (χ1n) is 12.6. The van der Waals surface area contributed by atoms with Crippen LogP contribution in [0.5, 0.6) is 0 Å². The molecule has 1 aliphatic heterocycles. The molecule has 2 N–H and O–H groups in total. The molecule has 49 heavy (non-hydrogen) atoms. The molecule has 2 aromatic rings. The van der Waals surface area contributed by atoms with E-state index < -0.39 is 90.6 Å². The molecule has 3 rings (SSSR count). The van der Waals surface area contributed by atoms with Crippen molar-refractivity contribution < 1.29 is 98.1 Å². The second kappa shape index (κ2) is 12.5. The highest BCUT2D eigenvalue weighted by Gasteiger charge is 2.95. The highest BCUT2D eigenvalue weighted by atomic mass is 31.2. The molecule has 0 aromatic carbocycles. The van der Waals surface area contributed by atoms with E-state index in [1.807, 2.05) is 0 Å². The number of hydrogen-bond donors (Lipinski definition) is 2. The van der Waals surface area contributed by atoms with Crippen LogP contribution >= 0.6 is 7.60 Å². The van der Waals surface area contributed by atoms with Gasteiger partial charge in [0.2, 0.25) is 0 Å². The zero-order valence-corrected chi connectivity index (χ0v) is 24.6. The summed E-state index contributed by atoms with van der Waals surface area (Å²) in [6.07, 6.45) is -9.34. The molecule has 1 saturated heterocycles. The molecule has 0 amide bonds. The molecule has 0 spiro atoms. The molecule has 0 bridgehead atoms. The zero-order chi connectivity index (χ0) is 38.0. The predicted octanol–water partition coefficient (Wildman–Crippen LogP) is 6.38. The lowest BCUT2D eigenvalue weighted by Crippen LogP contribution is -2.75. The number of fused-ring (bicyclic) bond motifs is 1. The third-order valence-corrected chi connectivity index (χ3v) is 7.50. The number of rotatable bonds is 13. The first kappa shape index (κ1) is 40.7. The molecule has 4 unspecified atom stereocenters. The van der Waals surface area contributed by atoms with Crippen LogP contribution in [0.25, 0.3) is 11.2 Å². The average Bonchev–Trinajstić information content (AvgIpc) is 3.37. The van der Waals surface area contributed by atoms with Gasteiger partial charge in [-0.1, -0.05) is 0 Å². The first-order chi connectivity index (χ1) is 21.8. The van der Waals surface area contributed by atoms with Crippen LogP contribution in [0, 0.1) is 0 Å². The van der Waals surface area contributed by atoms with E-state index in [1.165, 1.54) is 7.11 Å². The van der Waals surface area contributed by atoms with Crippen molar-refractivity contribution in [2.75, 3.05) is 32.3 Å². The van der Waals surface area contributed by atoms with Crippen molar-refractivity contribution in [1.29, 1.82) is 0 Å². The number of halogens is 17. The molecule has 28 heteroatoms. The summed E-state index contributed by atoms with van der Waals surface area (Å²) in [6.45, 7) is 0.283. The summed E-state index contributed by atoms with van der Waals surface area (Å²) in [5, 5.41) is 0.178. The molecule has 0 radical (unpaired) electrons. The van der Waals surface area contributed by atoms with Gasteiger partial charge in [0, 0.05) is 13.8 Å². The van der Waals surface area contributed by atoms with Gasteiger partial charge in [0.15, 0.2) is 17.0 Å². The topological polar surface area (TPSA) is 121 Å². The van der Waals surface area contributed by atoms with E-state index >= 15 is 0 Å². The van der Waals surface area contributed by atoms with Crippen LogP contribution in [-0.2, 0) is 18.6 Å². The Bertz CT molecular complexity index is 1550. The van der Waals surface area contributed by atoms with Gasteiger partial charge in [0.25, 0.3) is 0 Å². The molecule has 0 saturated carbocycles. The molecule has 2 aromatic heterocycles. The Kier molecular flexibility index (Phi) is 10.3. The van der Waals surface area contributed by atoms with Crippen molar-refractivity contribution in [3.63, 3.8) is 0 Å². The maximum Gasteiger partial charge on any atom is 0.460 e. The number of ether oxygens (including phenoxy) is 2. The molecule has 1 fully saturated rings. The average molecular weight is 775 g/mol. The maximum atomic E-state index is 14.6. The van der Waals surface area contributed by atoms with Crippen LogP contribution in [0.3, 0.4) is 0 Å². The first-order valence-corrected chi connectivity index (χ1v) is 14.6. The second-order valence-corrected chi connectivity index (χ2v) is 12.2. The molecule has 0 aliphatic carbocycles. The van der Waals surface area contributed by atoms with Crippen molar-refractivity contribution in [3.05, 3.63) is 12.7 Å². The van der Waals surface area contributed by atoms with Gasteiger partial charge in [-0.3, -0.25) is 4.57 Å². The van der Waals surface area contributed by atoms with E-state index in [-0.39, 0.29) is 31.3 Å². The number of imidazole rings is 1. The Hall–Kier alpha value is -2.77. The highest BCUT2D eigenvalue weighted by molar-refractivity contribution is 7.51. The van der Waals surface area contributed by atoms with E-state index in [0.717, 1.165) is 11.2 Å². The lowest BCUT2D eigenvalue weighted by Gasteiger charge is -2.42. The van der Waals surface area contributed by atoms with Crippen LogP contribution in [0.2, 0.25) is 0 Å². The fourth-order valence-electron chi connectivity index (χ4n) is 4.31. The number of hydrogen-bond acceptors (Lipinski definition) is 8. The Morgan fingerprint density at radius 2 is 1.37 bits per heavy atom. The Morgan fingerprint density at radius 3 is 1.86 bits per heavy atom. The normalized spacial score (nSPS) is 22.3. The molecule has 1 aliphatic rings. The van der Waals surface area contributed by atoms with E-state index in [9.17, 15) is 84.1 Å². The lowest BCUT2D eigenvalue weighted by molar-refractivity contribution is -0.460. The van der Waals surface area contributed by atoms with Crippen molar-refractivity contribution in [1.82, 2.24) is 19.5 Å².